The fourth-order valence-corrected chi connectivity index (χ4v) is 1.63. The van der Waals surface area contributed by atoms with Gasteiger partial charge in [-0.1, -0.05) is 6.07 Å². The standard InChI is InChI=1S/C13H8FN3O/c14-11-5-1-4-10-12(11)16-8-17-13(10)18-9-3-2-6-15-7-9/h1-8H. The second-order valence-corrected chi connectivity index (χ2v) is 3.61. The first-order valence-electron chi connectivity index (χ1n) is 5.32. The monoisotopic (exact) mass is 241 g/mol. The number of pyridine rings is 1. The number of ether oxygens (including phenoxy) is 1. The molecule has 0 unspecified atom stereocenters. The minimum Gasteiger partial charge on any atom is -0.437 e. The summed E-state index contributed by atoms with van der Waals surface area (Å²) in [7, 11) is 0. The molecule has 0 amide bonds. The zero-order chi connectivity index (χ0) is 12.4. The van der Waals surface area contributed by atoms with Gasteiger partial charge in [0.25, 0.3) is 0 Å². The predicted octanol–water partition coefficient (Wildman–Crippen LogP) is 2.96. The summed E-state index contributed by atoms with van der Waals surface area (Å²) in [5, 5.41) is 0.529. The molecular formula is C13H8FN3O. The van der Waals surface area contributed by atoms with Crippen LogP contribution in [0.4, 0.5) is 4.39 Å². The van der Waals surface area contributed by atoms with Gasteiger partial charge in [0.1, 0.15) is 23.4 Å². The van der Waals surface area contributed by atoms with Crippen molar-refractivity contribution in [3.05, 3.63) is 54.9 Å². The highest BCUT2D eigenvalue weighted by atomic mass is 19.1. The summed E-state index contributed by atoms with van der Waals surface area (Å²) in [6.07, 6.45) is 4.48. The van der Waals surface area contributed by atoms with E-state index in [-0.39, 0.29) is 5.52 Å². The van der Waals surface area contributed by atoms with E-state index < -0.39 is 5.82 Å². The average Bonchev–Trinajstić information content (AvgIpc) is 2.41. The Morgan fingerprint density at radius 1 is 1.06 bits per heavy atom. The van der Waals surface area contributed by atoms with E-state index in [0.29, 0.717) is 17.0 Å². The van der Waals surface area contributed by atoms with Crippen LogP contribution in [0, 0.1) is 5.82 Å². The van der Waals surface area contributed by atoms with Crippen LogP contribution in [0.25, 0.3) is 10.9 Å². The highest BCUT2D eigenvalue weighted by molar-refractivity contribution is 5.83. The number of benzene rings is 1. The Balaban J connectivity index is 2.10. The van der Waals surface area contributed by atoms with E-state index in [1.807, 2.05) is 0 Å². The minimum absolute atomic E-state index is 0.242. The zero-order valence-corrected chi connectivity index (χ0v) is 9.25. The van der Waals surface area contributed by atoms with E-state index in [9.17, 15) is 4.39 Å². The number of aromatic nitrogens is 3. The van der Waals surface area contributed by atoms with Gasteiger partial charge in [0.05, 0.1) is 11.6 Å². The summed E-state index contributed by atoms with van der Waals surface area (Å²) in [5.41, 5.74) is 0.242. The second kappa shape index (κ2) is 4.37. The lowest BCUT2D eigenvalue weighted by molar-refractivity contribution is 0.465. The van der Waals surface area contributed by atoms with Gasteiger partial charge >= 0.3 is 0 Å². The molecule has 0 spiro atoms. The highest BCUT2D eigenvalue weighted by Gasteiger charge is 2.08. The lowest BCUT2D eigenvalue weighted by atomic mass is 10.2. The van der Waals surface area contributed by atoms with Gasteiger partial charge < -0.3 is 4.74 Å². The first kappa shape index (κ1) is 10.6. The summed E-state index contributed by atoms with van der Waals surface area (Å²) in [4.78, 5) is 11.9. The van der Waals surface area contributed by atoms with Crippen LogP contribution in [-0.4, -0.2) is 15.0 Å². The fourth-order valence-electron chi connectivity index (χ4n) is 1.63. The molecule has 0 atom stereocenters. The van der Waals surface area contributed by atoms with Gasteiger partial charge in [0.15, 0.2) is 0 Å². The Bertz CT molecular complexity index is 688. The molecule has 3 rings (SSSR count). The van der Waals surface area contributed by atoms with Crippen molar-refractivity contribution in [2.75, 3.05) is 0 Å². The van der Waals surface area contributed by atoms with Gasteiger partial charge in [-0.3, -0.25) is 4.98 Å². The van der Waals surface area contributed by atoms with Gasteiger partial charge in [0, 0.05) is 6.20 Å². The number of halogens is 1. The van der Waals surface area contributed by atoms with Crippen molar-refractivity contribution in [1.29, 1.82) is 0 Å². The van der Waals surface area contributed by atoms with E-state index in [1.54, 1.807) is 36.7 Å². The number of nitrogens with zero attached hydrogens (tertiary/aromatic N) is 3. The largest absolute Gasteiger partial charge is 0.437 e. The Hall–Kier alpha value is -2.56. The molecule has 0 fully saturated rings. The zero-order valence-electron chi connectivity index (χ0n) is 9.25. The molecule has 4 nitrogen and oxygen atoms in total. The van der Waals surface area contributed by atoms with Crippen molar-refractivity contribution in [2.24, 2.45) is 0 Å². The van der Waals surface area contributed by atoms with Gasteiger partial charge in [-0.25, -0.2) is 14.4 Å². The lowest BCUT2D eigenvalue weighted by Gasteiger charge is -2.06. The van der Waals surface area contributed by atoms with Crippen LogP contribution < -0.4 is 4.74 Å². The van der Waals surface area contributed by atoms with Crippen LogP contribution in [0.3, 0.4) is 0 Å². The molecule has 1 aromatic carbocycles. The topological polar surface area (TPSA) is 47.9 Å². The first-order chi connectivity index (χ1) is 8.84. The molecule has 0 aliphatic carbocycles. The van der Waals surface area contributed by atoms with E-state index in [1.165, 1.54) is 12.4 Å². The van der Waals surface area contributed by atoms with Crippen LogP contribution in [-0.2, 0) is 0 Å². The Kier molecular flexibility index (Phi) is 2.57. The second-order valence-electron chi connectivity index (χ2n) is 3.61. The molecule has 88 valence electrons. The van der Waals surface area contributed by atoms with E-state index in [4.69, 9.17) is 4.74 Å². The molecule has 2 heterocycles. The molecule has 0 N–H and O–H groups in total. The van der Waals surface area contributed by atoms with E-state index in [0.717, 1.165) is 0 Å². The molecule has 0 aliphatic rings. The predicted molar refractivity (Wildman–Crippen MR) is 63.8 cm³/mol. The summed E-state index contributed by atoms with van der Waals surface area (Å²) in [5.74, 6) is 0.459. The summed E-state index contributed by atoms with van der Waals surface area (Å²) in [6, 6.07) is 8.16. The number of hydrogen-bond acceptors (Lipinski definition) is 4. The smallest absolute Gasteiger partial charge is 0.230 e. The molecule has 2 aromatic heterocycles. The lowest BCUT2D eigenvalue weighted by Crippen LogP contribution is -1.93. The minimum atomic E-state index is -0.397. The third-order valence-corrected chi connectivity index (χ3v) is 2.43. The fraction of sp³-hybridized carbons (Fsp3) is 0. The van der Waals surface area contributed by atoms with Crippen LogP contribution in [0.1, 0.15) is 0 Å². The van der Waals surface area contributed by atoms with Crippen molar-refractivity contribution >= 4 is 10.9 Å². The Morgan fingerprint density at radius 2 is 2.00 bits per heavy atom. The molecule has 0 radical (unpaired) electrons. The number of fused-ring (bicyclic) bond motifs is 1. The number of rotatable bonds is 2. The summed E-state index contributed by atoms with van der Waals surface area (Å²) < 4.78 is 19.1. The highest BCUT2D eigenvalue weighted by Crippen LogP contribution is 2.26. The molecule has 0 aliphatic heterocycles. The summed E-state index contributed by atoms with van der Waals surface area (Å²) >= 11 is 0. The third-order valence-electron chi connectivity index (χ3n) is 2.43. The van der Waals surface area contributed by atoms with Crippen molar-refractivity contribution < 1.29 is 9.13 Å². The van der Waals surface area contributed by atoms with Crippen LogP contribution in [0.5, 0.6) is 11.6 Å². The maximum Gasteiger partial charge on any atom is 0.230 e. The van der Waals surface area contributed by atoms with Gasteiger partial charge in [-0.05, 0) is 24.3 Å². The number of para-hydroxylation sites is 1. The Morgan fingerprint density at radius 3 is 2.83 bits per heavy atom. The number of hydrogen-bond donors (Lipinski definition) is 0. The van der Waals surface area contributed by atoms with Gasteiger partial charge in [-0.2, -0.15) is 0 Å². The molecule has 0 saturated carbocycles. The molecule has 0 bridgehead atoms. The van der Waals surface area contributed by atoms with Crippen molar-refractivity contribution in [1.82, 2.24) is 15.0 Å². The molecular weight excluding hydrogens is 233 g/mol. The van der Waals surface area contributed by atoms with Crippen molar-refractivity contribution in [3.63, 3.8) is 0 Å². The normalized spacial score (nSPS) is 10.5. The van der Waals surface area contributed by atoms with Crippen LogP contribution in [0.15, 0.2) is 49.1 Å². The first-order valence-corrected chi connectivity index (χ1v) is 5.32. The molecule has 18 heavy (non-hydrogen) atoms. The van der Waals surface area contributed by atoms with Crippen molar-refractivity contribution in [2.45, 2.75) is 0 Å². The molecule has 0 saturated heterocycles. The summed E-state index contributed by atoms with van der Waals surface area (Å²) in [6.45, 7) is 0. The quantitative estimate of drug-likeness (QED) is 0.692. The van der Waals surface area contributed by atoms with Crippen LogP contribution in [0.2, 0.25) is 0 Å². The van der Waals surface area contributed by atoms with E-state index >= 15 is 0 Å². The molecule has 3 aromatic rings. The maximum absolute atomic E-state index is 13.5. The maximum atomic E-state index is 13.5. The van der Waals surface area contributed by atoms with Crippen LogP contribution >= 0.6 is 0 Å². The third kappa shape index (κ3) is 1.86. The average molecular weight is 241 g/mol. The van der Waals surface area contributed by atoms with E-state index in [2.05, 4.69) is 15.0 Å². The molecule has 5 heteroatoms. The van der Waals surface area contributed by atoms with Gasteiger partial charge in [-0.15, -0.1) is 0 Å². The van der Waals surface area contributed by atoms with Crippen molar-refractivity contribution in [3.8, 4) is 11.6 Å². The SMILES string of the molecule is Fc1cccc2c(Oc3cccnc3)ncnc12. The van der Waals surface area contributed by atoms with Gasteiger partial charge in [0.2, 0.25) is 5.88 Å². The Labute approximate surface area is 102 Å².